The van der Waals surface area contributed by atoms with Crippen molar-refractivity contribution in [1.82, 2.24) is 14.9 Å². The molecule has 1 aromatic heterocycles. The molecule has 1 saturated heterocycles. The fourth-order valence-corrected chi connectivity index (χ4v) is 3.60. The van der Waals surface area contributed by atoms with Crippen molar-refractivity contribution in [3.8, 4) is 0 Å². The smallest absolute Gasteiger partial charge is 0.340 e. The number of hydrogen-bond donors (Lipinski definition) is 3. The van der Waals surface area contributed by atoms with Crippen LogP contribution in [0.5, 0.6) is 0 Å². The molecule has 1 unspecified atom stereocenters. The van der Waals surface area contributed by atoms with E-state index in [2.05, 4.69) is 14.9 Å². The van der Waals surface area contributed by atoms with Crippen LogP contribution >= 0.6 is 0 Å². The summed E-state index contributed by atoms with van der Waals surface area (Å²) < 4.78 is 32.4. The summed E-state index contributed by atoms with van der Waals surface area (Å²) >= 11 is 0. The average Bonchev–Trinajstić information content (AvgIpc) is 2.76. The van der Waals surface area contributed by atoms with Crippen LogP contribution in [-0.2, 0) is 14.8 Å². The second-order valence-electron chi connectivity index (χ2n) is 5.34. The zero-order chi connectivity index (χ0) is 15.0. The normalized spacial score (nSPS) is 22.6. The molecule has 1 atom stereocenters. The van der Waals surface area contributed by atoms with E-state index in [1.54, 1.807) is 0 Å². The van der Waals surface area contributed by atoms with Gasteiger partial charge >= 0.3 is 5.97 Å². The molecule has 1 fully saturated rings. The number of rotatable bonds is 4. The average molecular weight is 303 g/mol. The van der Waals surface area contributed by atoms with Crippen molar-refractivity contribution in [1.29, 1.82) is 0 Å². The molecular formula is C11H17N3O5S. The van der Waals surface area contributed by atoms with E-state index in [4.69, 9.17) is 9.84 Å². The van der Waals surface area contributed by atoms with Gasteiger partial charge in [-0.1, -0.05) is 0 Å². The highest BCUT2D eigenvalue weighted by Gasteiger charge is 2.33. The summed E-state index contributed by atoms with van der Waals surface area (Å²) in [5.74, 6) is -1.34. The van der Waals surface area contributed by atoms with E-state index in [9.17, 15) is 13.2 Å². The molecule has 1 aliphatic rings. The minimum absolute atomic E-state index is 0.298. The Balaban J connectivity index is 2.19. The number of carbonyl (C=O) groups is 1. The molecule has 0 aliphatic carbocycles. The van der Waals surface area contributed by atoms with Crippen molar-refractivity contribution in [2.45, 2.75) is 43.4 Å². The Labute approximate surface area is 116 Å². The standard InChI is InChI=1S/C11H17N3O5S/c1-11(2)5-7(3-4-19-11)14-20(17,18)9-8(10(15)16)6-12-13-9/h6-7,14H,3-5H2,1-2H3,(H,12,13)(H,15,16). The van der Waals surface area contributed by atoms with Gasteiger partial charge in [-0.2, -0.15) is 5.10 Å². The summed E-state index contributed by atoms with van der Waals surface area (Å²) in [6, 6.07) is -0.298. The predicted molar refractivity (Wildman–Crippen MR) is 68.9 cm³/mol. The lowest BCUT2D eigenvalue weighted by molar-refractivity contribution is -0.0599. The van der Waals surface area contributed by atoms with Crippen LogP contribution in [0.4, 0.5) is 0 Å². The molecular weight excluding hydrogens is 286 g/mol. The summed E-state index contributed by atoms with van der Waals surface area (Å²) in [5.41, 5.74) is -0.779. The second kappa shape index (κ2) is 5.15. The Bertz CT molecular complexity index is 607. The topological polar surface area (TPSA) is 121 Å². The van der Waals surface area contributed by atoms with E-state index >= 15 is 0 Å². The second-order valence-corrected chi connectivity index (χ2v) is 6.99. The molecule has 0 saturated carbocycles. The van der Waals surface area contributed by atoms with E-state index in [1.807, 2.05) is 13.8 Å². The van der Waals surface area contributed by atoms with Gasteiger partial charge < -0.3 is 9.84 Å². The van der Waals surface area contributed by atoms with Crippen molar-refractivity contribution in [3.05, 3.63) is 11.8 Å². The van der Waals surface area contributed by atoms with E-state index in [0.29, 0.717) is 19.4 Å². The van der Waals surface area contributed by atoms with Crippen LogP contribution in [0.15, 0.2) is 11.2 Å². The van der Waals surface area contributed by atoms with E-state index in [1.165, 1.54) is 0 Å². The van der Waals surface area contributed by atoms with Crippen molar-refractivity contribution in [3.63, 3.8) is 0 Å². The van der Waals surface area contributed by atoms with Crippen molar-refractivity contribution < 1.29 is 23.1 Å². The van der Waals surface area contributed by atoms with Crippen molar-refractivity contribution >= 4 is 16.0 Å². The molecule has 2 rings (SSSR count). The Kier molecular flexibility index (Phi) is 3.85. The zero-order valence-electron chi connectivity index (χ0n) is 11.2. The summed E-state index contributed by atoms with van der Waals surface area (Å²) in [4.78, 5) is 11.0. The molecule has 0 radical (unpaired) electrons. The summed E-state index contributed by atoms with van der Waals surface area (Å²) in [6.07, 6.45) is 2.03. The number of aromatic nitrogens is 2. The van der Waals surface area contributed by atoms with Crippen LogP contribution in [0.3, 0.4) is 0 Å². The van der Waals surface area contributed by atoms with Gasteiger partial charge in [0.25, 0.3) is 10.0 Å². The maximum absolute atomic E-state index is 12.2. The molecule has 3 N–H and O–H groups in total. The molecule has 0 bridgehead atoms. The zero-order valence-corrected chi connectivity index (χ0v) is 12.0. The van der Waals surface area contributed by atoms with Gasteiger partial charge in [0.15, 0.2) is 5.03 Å². The molecule has 9 heteroatoms. The van der Waals surface area contributed by atoms with Gasteiger partial charge in [-0.15, -0.1) is 0 Å². The van der Waals surface area contributed by atoms with Crippen LogP contribution < -0.4 is 4.72 Å². The maximum Gasteiger partial charge on any atom is 0.340 e. The Morgan fingerprint density at radius 2 is 2.30 bits per heavy atom. The van der Waals surface area contributed by atoms with Crippen LogP contribution in [0.2, 0.25) is 0 Å². The van der Waals surface area contributed by atoms with Crippen LogP contribution in [0.25, 0.3) is 0 Å². The molecule has 0 amide bonds. The highest BCUT2D eigenvalue weighted by Crippen LogP contribution is 2.25. The van der Waals surface area contributed by atoms with E-state index in [-0.39, 0.29) is 11.6 Å². The first-order chi connectivity index (χ1) is 9.21. The number of aromatic amines is 1. The molecule has 0 aromatic carbocycles. The highest BCUT2D eigenvalue weighted by molar-refractivity contribution is 7.89. The van der Waals surface area contributed by atoms with Crippen molar-refractivity contribution in [2.75, 3.05) is 6.61 Å². The Morgan fingerprint density at radius 3 is 2.90 bits per heavy atom. The summed E-state index contributed by atoms with van der Waals surface area (Å²) in [7, 11) is -3.95. The van der Waals surface area contributed by atoms with Crippen LogP contribution in [0.1, 0.15) is 37.0 Å². The third kappa shape index (κ3) is 3.17. The number of carboxylic acids is 1. The first-order valence-electron chi connectivity index (χ1n) is 6.14. The Hall–Kier alpha value is -1.45. The van der Waals surface area contributed by atoms with E-state index < -0.39 is 26.6 Å². The highest BCUT2D eigenvalue weighted by atomic mass is 32.2. The third-order valence-corrected chi connectivity index (χ3v) is 4.61. The lowest BCUT2D eigenvalue weighted by Crippen LogP contribution is -2.46. The fraction of sp³-hybridized carbons (Fsp3) is 0.636. The predicted octanol–water partition coefficient (Wildman–Crippen LogP) is 0.344. The van der Waals surface area contributed by atoms with Gasteiger partial charge in [0.2, 0.25) is 0 Å². The summed E-state index contributed by atoms with van der Waals surface area (Å²) in [5, 5.41) is 14.2. The van der Waals surface area contributed by atoms with Gasteiger partial charge in [0, 0.05) is 12.6 Å². The third-order valence-electron chi connectivity index (χ3n) is 3.12. The molecule has 2 heterocycles. The molecule has 20 heavy (non-hydrogen) atoms. The van der Waals surface area contributed by atoms with Crippen LogP contribution in [-0.4, -0.2) is 47.9 Å². The maximum atomic E-state index is 12.2. The molecule has 1 aromatic rings. The Morgan fingerprint density at radius 1 is 1.60 bits per heavy atom. The van der Waals surface area contributed by atoms with Crippen molar-refractivity contribution in [2.24, 2.45) is 0 Å². The minimum atomic E-state index is -3.95. The SMILES string of the molecule is CC1(C)CC(NS(=O)(=O)c2[nH]ncc2C(=O)O)CCO1. The van der Waals surface area contributed by atoms with Gasteiger partial charge in [-0.3, -0.25) is 5.10 Å². The van der Waals surface area contributed by atoms with Crippen LogP contribution in [0, 0.1) is 0 Å². The molecule has 0 spiro atoms. The first-order valence-corrected chi connectivity index (χ1v) is 7.62. The number of carboxylic acid groups (broad SMARTS) is 1. The first kappa shape index (κ1) is 14.9. The molecule has 1 aliphatic heterocycles. The number of sulfonamides is 1. The number of H-pyrrole nitrogens is 1. The lowest BCUT2D eigenvalue weighted by Gasteiger charge is -2.35. The molecule has 8 nitrogen and oxygen atoms in total. The lowest BCUT2D eigenvalue weighted by atomic mass is 9.95. The number of nitrogens with one attached hydrogen (secondary N) is 2. The minimum Gasteiger partial charge on any atom is -0.478 e. The van der Waals surface area contributed by atoms with Gasteiger partial charge in [0.1, 0.15) is 5.56 Å². The monoisotopic (exact) mass is 303 g/mol. The quantitative estimate of drug-likeness (QED) is 0.737. The van der Waals surface area contributed by atoms with Gasteiger partial charge in [-0.25, -0.2) is 17.9 Å². The number of aromatic carboxylic acids is 1. The number of ether oxygens (including phenoxy) is 1. The number of nitrogens with zero attached hydrogens (tertiary/aromatic N) is 1. The largest absolute Gasteiger partial charge is 0.478 e. The fourth-order valence-electron chi connectivity index (χ4n) is 2.24. The van der Waals surface area contributed by atoms with Gasteiger partial charge in [-0.05, 0) is 26.7 Å². The van der Waals surface area contributed by atoms with Gasteiger partial charge in [0.05, 0.1) is 11.8 Å². The summed E-state index contributed by atoms with van der Waals surface area (Å²) in [6.45, 7) is 4.22. The number of hydrogen-bond acceptors (Lipinski definition) is 5. The molecule has 112 valence electrons. The van der Waals surface area contributed by atoms with E-state index in [0.717, 1.165) is 6.20 Å².